The van der Waals surface area contributed by atoms with Crippen LogP contribution >= 0.6 is 11.6 Å². The first-order chi connectivity index (χ1) is 11.4. The van der Waals surface area contributed by atoms with E-state index in [2.05, 4.69) is 10.2 Å². The molecule has 1 atom stereocenters. The highest BCUT2D eigenvalue weighted by Crippen LogP contribution is 2.30. The molecule has 134 valence electrons. The standard InChI is InChI=1S/C17H26ClN3O3/c1-12(2)17(24)21-7-5-20(6-8-21)16-4-3-13(18)9-15(16)19-10-14(23)11-22/h3-4,9,12,14,19,22-23H,5-8,10-11H2,1-2H3. The van der Waals surface area contributed by atoms with Crippen molar-refractivity contribution < 1.29 is 15.0 Å². The Kier molecular flexibility index (Phi) is 6.71. The van der Waals surface area contributed by atoms with Crippen LogP contribution in [0.1, 0.15) is 13.8 Å². The Bertz CT molecular complexity index is 560. The first-order valence-corrected chi connectivity index (χ1v) is 8.66. The van der Waals surface area contributed by atoms with Crippen molar-refractivity contribution in [3.8, 4) is 0 Å². The fraction of sp³-hybridized carbons (Fsp3) is 0.588. The summed E-state index contributed by atoms with van der Waals surface area (Å²) in [5.41, 5.74) is 1.81. The fourth-order valence-electron chi connectivity index (χ4n) is 2.75. The lowest BCUT2D eigenvalue weighted by atomic mass is 10.1. The minimum absolute atomic E-state index is 0.0179. The summed E-state index contributed by atoms with van der Waals surface area (Å²) in [5, 5.41) is 22.2. The van der Waals surface area contributed by atoms with Gasteiger partial charge in [0.15, 0.2) is 0 Å². The molecule has 24 heavy (non-hydrogen) atoms. The van der Waals surface area contributed by atoms with Gasteiger partial charge in [-0.15, -0.1) is 0 Å². The van der Waals surface area contributed by atoms with Crippen molar-refractivity contribution in [2.75, 3.05) is 49.5 Å². The molecule has 3 N–H and O–H groups in total. The van der Waals surface area contributed by atoms with Gasteiger partial charge in [-0.1, -0.05) is 25.4 Å². The number of nitrogens with zero attached hydrogens (tertiary/aromatic N) is 2. The monoisotopic (exact) mass is 355 g/mol. The second-order valence-electron chi connectivity index (χ2n) is 6.35. The molecule has 0 bridgehead atoms. The Labute approximate surface area is 148 Å². The lowest BCUT2D eigenvalue weighted by Crippen LogP contribution is -2.50. The largest absolute Gasteiger partial charge is 0.394 e. The van der Waals surface area contributed by atoms with Crippen LogP contribution < -0.4 is 10.2 Å². The Hall–Kier alpha value is -1.50. The van der Waals surface area contributed by atoms with E-state index in [9.17, 15) is 9.90 Å². The summed E-state index contributed by atoms with van der Waals surface area (Å²) in [6.45, 7) is 6.67. The highest BCUT2D eigenvalue weighted by Gasteiger charge is 2.24. The van der Waals surface area contributed by atoms with E-state index >= 15 is 0 Å². The number of hydrogen-bond donors (Lipinski definition) is 3. The molecule has 7 heteroatoms. The van der Waals surface area contributed by atoms with Gasteiger partial charge in [0.05, 0.1) is 24.1 Å². The van der Waals surface area contributed by atoms with Crippen LogP contribution in [0.5, 0.6) is 0 Å². The third-order valence-electron chi connectivity index (χ3n) is 4.12. The first-order valence-electron chi connectivity index (χ1n) is 8.28. The highest BCUT2D eigenvalue weighted by atomic mass is 35.5. The number of amides is 1. The van der Waals surface area contributed by atoms with Crippen LogP contribution in [0, 0.1) is 5.92 Å². The zero-order valence-corrected chi connectivity index (χ0v) is 15.0. The number of nitrogens with one attached hydrogen (secondary N) is 1. The molecule has 0 radical (unpaired) electrons. The molecular weight excluding hydrogens is 330 g/mol. The molecule has 1 amide bonds. The number of anilines is 2. The lowest BCUT2D eigenvalue weighted by Gasteiger charge is -2.37. The first kappa shape index (κ1) is 18.8. The summed E-state index contributed by atoms with van der Waals surface area (Å²) in [5.74, 6) is 0.208. The Morgan fingerprint density at radius 1 is 1.29 bits per heavy atom. The molecule has 2 rings (SSSR count). The van der Waals surface area contributed by atoms with Gasteiger partial charge >= 0.3 is 0 Å². The quantitative estimate of drug-likeness (QED) is 0.719. The molecule has 0 saturated carbocycles. The predicted molar refractivity (Wildman–Crippen MR) is 96.7 cm³/mol. The minimum Gasteiger partial charge on any atom is -0.394 e. The van der Waals surface area contributed by atoms with Gasteiger partial charge < -0.3 is 25.3 Å². The molecule has 1 aliphatic heterocycles. The summed E-state index contributed by atoms with van der Waals surface area (Å²) >= 11 is 6.08. The number of aliphatic hydroxyl groups excluding tert-OH is 2. The summed E-state index contributed by atoms with van der Waals surface area (Å²) in [7, 11) is 0. The smallest absolute Gasteiger partial charge is 0.225 e. The SMILES string of the molecule is CC(C)C(=O)N1CCN(c2ccc(Cl)cc2NCC(O)CO)CC1. The van der Waals surface area contributed by atoms with Crippen molar-refractivity contribution in [2.45, 2.75) is 20.0 Å². The normalized spacial score (nSPS) is 16.4. The number of rotatable bonds is 6. The number of carbonyl (C=O) groups excluding carboxylic acids is 1. The van der Waals surface area contributed by atoms with Crippen molar-refractivity contribution in [3.63, 3.8) is 0 Å². The lowest BCUT2D eigenvalue weighted by molar-refractivity contribution is -0.134. The molecule has 1 aromatic rings. The van der Waals surface area contributed by atoms with Crippen LogP contribution in [0.4, 0.5) is 11.4 Å². The summed E-state index contributed by atoms with van der Waals surface area (Å²) < 4.78 is 0. The van der Waals surface area contributed by atoms with E-state index in [1.165, 1.54) is 0 Å². The number of carbonyl (C=O) groups is 1. The average Bonchev–Trinajstić information content (AvgIpc) is 2.59. The van der Waals surface area contributed by atoms with Crippen LogP contribution in [0.15, 0.2) is 18.2 Å². The Morgan fingerprint density at radius 2 is 1.96 bits per heavy atom. The van der Waals surface area contributed by atoms with Crippen LogP contribution in [0.2, 0.25) is 5.02 Å². The van der Waals surface area contributed by atoms with E-state index in [-0.39, 0.29) is 25.0 Å². The molecule has 1 aliphatic rings. The zero-order valence-electron chi connectivity index (χ0n) is 14.2. The number of halogens is 1. The average molecular weight is 356 g/mol. The zero-order chi connectivity index (χ0) is 17.7. The maximum Gasteiger partial charge on any atom is 0.225 e. The van der Waals surface area contributed by atoms with Gasteiger partial charge in [0.2, 0.25) is 5.91 Å². The molecule has 0 spiro atoms. The number of aliphatic hydroxyl groups is 2. The molecule has 6 nitrogen and oxygen atoms in total. The van der Waals surface area contributed by atoms with E-state index in [1.807, 2.05) is 36.9 Å². The van der Waals surface area contributed by atoms with E-state index in [4.69, 9.17) is 16.7 Å². The van der Waals surface area contributed by atoms with Gasteiger partial charge in [-0.2, -0.15) is 0 Å². The van der Waals surface area contributed by atoms with E-state index in [0.29, 0.717) is 18.1 Å². The van der Waals surface area contributed by atoms with Crippen molar-refractivity contribution in [1.29, 1.82) is 0 Å². The third-order valence-corrected chi connectivity index (χ3v) is 4.36. The van der Waals surface area contributed by atoms with E-state index in [0.717, 1.165) is 24.5 Å². The minimum atomic E-state index is -0.822. The van der Waals surface area contributed by atoms with Gasteiger partial charge in [-0.3, -0.25) is 4.79 Å². The van der Waals surface area contributed by atoms with Crippen molar-refractivity contribution in [1.82, 2.24) is 4.90 Å². The maximum atomic E-state index is 12.1. The molecule has 1 fully saturated rings. The number of hydrogen-bond acceptors (Lipinski definition) is 5. The Morgan fingerprint density at radius 3 is 2.54 bits per heavy atom. The van der Waals surface area contributed by atoms with Crippen LogP contribution in [-0.4, -0.2) is 66.5 Å². The highest BCUT2D eigenvalue weighted by molar-refractivity contribution is 6.31. The molecule has 0 aliphatic carbocycles. The number of benzene rings is 1. The molecule has 1 aromatic carbocycles. The van der Waals surface area contributed by atoms with Gasteiger partial charge in [-0.05, 0) is 18.2 Å². The van der Waals surface area contributed by atoms with Gasteiger partial charge in [0.25, 0.3) is 0 Å². The van der Waals surface area contributed by atoms with Gasteiger partial charge in [-0.25, -0.2) is 0 Å². The molecule has 1 unspecified atom stereocenters. The van der Waals surface area contributed by atoms with Gasteiger partial charge in [0, 0.05) is 43.7 Å². The fourth-order valence-corrected chi connectivity index (χ4v) is 2.92. The van der Waals surface area contributed by atoms with E-state index < -0.39 is 6.10 Å². The summed E-state index contributed by atoms with van der Waals surface area (Å²) in [4.78, 5) is 16.2. The topological polar surface area (TPSA) is 76.0 Å². The second kappa shape index (κ2) is 8.55. The van der Waals surface area contributed by atoms with Crippen molar-refractivity contribution in [3.05, 3.63) is 23.2 Å². The summed E-state index contributed by atoms with van der Waals surface area (Å²) in [6, 6.07) is 5.58. The van der Waals surface area contributed by atoms with Crippen molar-refractivity contribution >= 4 is 28.9 Å². The second-order valence-corrected chi connectivity index (χ2v) is 6.78. The van der Waals surface area contributed by atoms with E-state index in [1.54, 1.807) is 0 Å². The summed E-state index contributed by atoms with van der Waals surface area (Å²) in [6.07, 6.45) is -0.822. The third kappa shape index (κ3) is 4.75. The van der Waals surface area contributed by atoms with Crippen LogP contribution in [-0.2, 0) is 4.79 Å². The molecular formula is C17H26ClN3O3. The molecule has 0 aromatic heterocycles. The molecule has 1 heterocycles. The van der Waals surface area contributed by atoms with Crippen LogP contribution in [0.3, 0.4) is 0 Å². The molecule has 1 saturated heterocycles. The van der Waals surface area contributed by atoms with Crippen LogP contribution in [0.25, 0.3) is 0 Å². The van der Waals surface area contributed by atoms with Crippen molar-refractivity contribution in [2.24, 2.45) is 5.92 Å². The predicted octanol–water partition coefficient (Wildman–Crippen LogP) is 1.41. The Balaban J connectivity index is 2.05. The number of piperazine rings is 1. The maximum absolute atomic E-state index is 12.1. The van der Waals surface area contributed by atoms with Gasteiger partial charge in [0.1, 0.15) is 0 Å².